The number of aromatic nitrogens is 3. The van der Waals surface area contributed by atoms with Gasteiger partial charge in [-0.15, -0.1) is 0 Å². The third-order valence-corrected chi connectivity index (χ3v) is 3.96. The maximum atomic E-state index is 13.5. The van der Waals surface area contributed by atoms with Crippen molar-refractivity contribution in [2.75, 3.05) is 6.61 Å². The lowest BCUT2D eigenvalue weighted by Gasteiger charge is -2.17. The topological polar surface area (TPSA) is 101 Å². The van der Waals surface area contributed by atoms with Crippen LogP contribution in [0.2, 0.25) is 0 Å². The zero-order valence-corrected chi connectivity index (χ0v) is 12.7. The minimum atomic E-state index is -3.63. The van der Waals surface area contributed by atoms with Crippen molar-refractivity contribution in [3.8, 4) is 0 Å². The predicted molar refractivity (Wildman–Crippen MR) is 75.0 cm³/mol. The van der Waals surface area contributed by atoms with Crippen molar-refractivity contribution < 1.29 is 28.8 Å². The number of aliphatic hydroxyl groups is 3. The Morgan fingerprint density at radius 2 is 2.09 bits per heavy atom. The molecule has 0 unspecified atom stereocenters. The van der Waals surface area contributed by atoms with Gasteiger partial charge in [0.05, 0.1) is 18.5 Å². The van der Waals surface area contributed by atoms with Gasteiger partial charge in [-0.3, -0.25) is 4.57 Å². The SMILES string of the molecule is Cc1cc(C(F)(F)Cl)c2ncn([C@@H]3O[C@H](CO)[C@@H](O)[C@H]3O)c2n1. The third kappa shape index (κ3) is 2.68. The van der Waals surface area contributed by atoms with Gasteiger partial charge < -0.3 is 20.1 Å². The lowest BCUT2D eigenvalue weighted by Crippen LogP contribution is -2.33. The summed E-state index contributed by atoms with van der Waals surface area (Å²) in [6.07, 6.45) is -3.62. The number of hydrogen-bond donors (Lipinski definition) is 3. The van der Waals surface area contributed by atoms with E-state index in [4.69, 9.17) is 21.4 Å². The average Bonchev–Trinajstić information content (AvgIpc) is 3.00. The van der Waals surface area contributed by atoms with Crippen molar-refractivity contribution in [3.05, 3.63) is 23.7 Å². The Bertz CT molecular complexity index is 736. The largest absolute Gasteiger partial charge is 0.394 e. The zero-order chi connectivity index (χ0) is 16.9. The summed E-state index contributed by atoms with van der Waals surface area (Å²) < 4.78 is 33.7. The van der Waals surface area contributed by atoms with E-state index in [9.17, 15) is 19.0 Å². The van der Waals surface area contributed by atoms with Crippen LogP contribution in [0.1, 0.15) is 17.5 Å². The van der Waals surface area contributed by atoms with Crippen LogP contribution in [0.5, 0.6) is 0 Å². The molecule has 0 saturated carbocycles. The Labute approximate surface area is 134 Å². The van der Waals surface area contributed by atoms with Crippen LogP contribution < -0.4 is 0 Å². The van der Waals surface area contributed by atoms with Gasteiger partial charge in [0.25, 0.3) is 0 Å². The average molecular weight is 350 g/mol. The molecule has 0 bridgehead atoms. The standard InChI is InChI=1S/C13H14ClF2N3O4/c1-5-2-6(13(14,15)16)8-11(18-5)19(4-17-8)12-10(22)9(21)7(3-20)23-12/h2,4,7,9-10,12,20-22H,3H2,1H3/t7-,9-,10-,12-/m1/s1. The second-order valence-electron chi connectivity index (χ2n) is 5.36. The third-order valence-electron chi connectivity index (χ3n) is 3.75. The van der Waals surface area contributed by atoms with Crippen LogP contribution >= 0.6 is 11.6 Å². The van der Waals surface area contributed by atoms with Gasteiger partial charge in [-0.2, -0.15) is 8.78 Å². The van der Waals surface area contributed by atoms with Gasteiger partial charge in [0.15, 0.2) is 11.9 Å². The van der Waals surface area contributed by atoms with E-state index in [0.29, 0.717) is 0 Å². The molecule has 3 heterocycles. The van der Waals surface area contributed by atoms with Crippen LogP contribution in [0.15, 0.2) is 12.4 Å². The molecule has 2 aromatic heterocycles. The molecule has 0 aliphatic carbocycles. The molecule has 126 valence electrons. The number of halogens is 3. The van der Waals surface area contributed by atoms with E-state index >= 15 is 0 Å². The van der Waals surface area contributed by atoms with Gasteiger partial charge in [0.1, 0.15) is 23.8 Å². The van der Waals surface area contributed by atoms with E-state index in [1.165, 1.54) is 17.8 Å². The molecule has 0 amide bonds. The van der Waals surface area contributed by atoms with E-state index in [1.807, 2.05) is 0 Å². The number of fused-ring (bicyclic) bond motifs is 1. The molecule has 1 fully saturated rings. The van der Waals surface area contributed by atoms with Gasteiger partial charge in [-0.25, -0.2) is 9.97 Å². The van der Waals surface area contributed by atoms with Crippen molar-refractivity contribution in [1.29, 1.82) is 0 Å². The van der Waals surface area contributed by atoms with Crippen LogP contribution in [0.3, 0.4) is 0 Å². The highest BCUT2D eigenvalue weighted by Crippen LogP contribution is 2.38. The van der Waals surface area contributed by atoms with Crippen LogP contribution in [0, 0.1) is 6.92 Å². The van der Waals surface area contributed by atoms with Crippen molar-refractivity contribution >= 4 is 22.8 Å². The highest BCUT2D eigenvalue weighted by Gasteiger charge is 2.44. The molecule has 2 aromatic rings. The van der Waals surface area contributed by atoms with Crippen molar-refractivity contribution in [3.63, 3.8) is 0 Å². The highest BCUT2D eigenvalue weighted by molar-refractivity contribution is 6.22. The number of alkyl halides is 3. The Kier molecular flexibility index (Phi) is 4.01. The summed E-state index contributed by atoms with van der Waals surface area (Å²) in [5.74, 6) is 0. The van der Waals surface area contributed by atoms with Crippen molar-refractivity contribution in [2.24, 2.45) is 0 Å². The number of aliphatic hydroxyl groups excluding tert-OH is 3. The molecule has 1 aliphatic heterocycles. The minimum absolute atomic E-state index is 0.0372. The monoisotopic (exact) mass is 349 g/mol. The maximum Gasteiger partial charge on any atom is 0.350 e. The Morgan fingerprint density at radius 1 is 1.39 bits per heavy atom. The van der Waals surface area contributed by atoms with Gasteiger partial charge >= 0.3 is 5.38 Å². The van der Waals surface area contributed by atoms with Gasteiger partial charge in [0, 0.05) is 5.69 Å². The highest BCUT2D eigenvalue weighted by atomic mass is 35.5. The van der Waals surface area contributed by atoms with Crippen molar-refractivity contribution in [1.82, 2.24) is 14.5 Å². The Hall–Kier alpha value is -1.39. The van der Waals surface area contributed by atoms with Crippen LogP contribution in [-0.2, 0) is 10.1 Å². The summed E-state index contributed by atoms with van der Waals surface area (Å²) in [6, 6.07) is 1.13. The summed E-state index contributed by atoms with van der Waals surface area (Å²) in [5.41, 5.74) is -0.322. The molecular formula is C13H14ClF2N3O4. The first-order valence-corrected chi connectivity index (χ1v) is 7.15. The summed E-state index contributed by atoms with van der Waals surface area (Å²) in [6.45, 7) is 1.01. The summed E-state index contributed by atoms with van der Waals surface area (Å²) in [5, 5.41) is 25.4. The van der Waals surface area contributed by atoms with Crippen LogP contribution in [0.4, 0.5) is 8.78 Å². The number of aryl methyl sites for hydroxylation is 1. The Balaban J connectivity index is 2.12. The van der Waals surface area contributed by atoms with E-state index in [2.05, 4.69) is 9.97 Å². The first-order valence-electron chi connectivity index (χ1n) is 6.78. The molecule has 1 saturated heterocycles. The predicted octanol–water partition coefficient (Wildman–Crippen LogP) is 0.639. The van der Waals surface area contributed by atoms with Crippen LogP contribution in [0.25, 0.3) is 11.2 Å². The fourth-order valence-corrected chi connectivity index (χ4v) is 2.79. The normalized spacial score (nSPS) is 28.7. The fourth-order valence-electron chi connectivity index (χ4n) is 2.64. The first kappa shape index (κ1) is 16.5. The number of hydrogen-bond acceptors (Lipinski definition) is 6. The molecule has 0 spiro atoms. The smallest absolute Gasteiger partial charge is 0.350 e. The van der Waals surface area contributed by atoms with E-state index in [0.717, 1.165) is 6.07 Å². The second kappa shape index (κ2) is 5.60. The molecule has 3 N–H and O–H groups in total. The lowest BCUT2D eigenvalue weighted by molar-refractivity contribution is -0.0511. The first-order chi connectivity index (χ1) is 10.7. The number of rotatable bonds is 3. The van der Waals surface area contributed by atoms with Gasteiger partial charge in [0.2, 0.25) is 0 Å². The molecular weight excluding hydrogens is 336 g/mol. The van der Waals surface area contributed by atoms with E-state index in [-0.39, 0.29) is 16.9 Å². The number of nitrogens with zero attached hydrogens (tertiary/aromatic N) is 3. The van der Waals surface area contributed by atoms with Gasteiger partial charge in [-0.05, 0) is 24.6 Å². The molecule has 7 nitrogen and oxygen atoms in total. The van der Waals surface area contributed by atoms with Crippen LogP contribution in [-0.4, -0.2) is 54.8 Å². The molecule has 0 aromatic carbocycles. The lowest BCUT2D eigenvalue weighted by atomic mass is 10.1. The number of imidazole rings is 1. The van der Waals surface area contributed by atoms with E-state index < -0.39 is 42.1 Å². The second-order valence-corrected chi connectivity index (χ2v) is 5.84. The summed E-state index contributed by atoms with van der Waals surface area (Å²) >= 11 is 5.11. The quantitative estimate of drug-likeness (QED) is 0.703. The Morgan fingerprint density at radius 3 is 2.65 bits per heavy atom. The molecule has 3 rings (SSSR count). The molecule has 10 heteroatoms. The molecule has 4 atom stereocenters. The molecule has 0 radical (unpaired) electrons. The van der Waals surface area contributed by atoms with E-state index in [1.54, 1.807) is 0 Å². The minimum Gasteiger partial charge on any atom is -0.394 e. The zero-order valence-electron chi connectivity index (χ0n) is 11.9. The fraction of sp³-hybridized carbons (Fsp3) is 0.538. The number of pyridine rings is 1. The molecule has 1 aliphatic rings. The summed E-state index contributed by atoms with van der Waals surface area (Å²) in [7, 11) is 0. The van der Waals surface area contributed by atoms with Gasteiger partial charge in [-0.1, -0.05) is 0 Å². The van der Waals surface area contributed by atoms with Crippen molar-refractivity contribution in [2.45, 2.75) is 36.8 Å². The maximum absolute atomic E-state index is 13.5. The number of ether oxygens (including phenoxy) is 1. The molecule has 23 heavy (non-hydrogen) atoms. The summed E-state index contributed by atoms with van der Waals surface area (Å²) in [4.78, 5) is 8.02.